The Morgan fingerprint density at radius 3 is 2.74 bits per heavy atom. The summed E-state index contributed by atoms with van der Waals surface area (Å²) in [6.45, 7) is 0.547. The van der Waals surface area contributed by atoms with Crippen molar-refractivity contribution < 1.29 is 14.3 Å². The predicted molar refractivity (Wildman–Crippen MR) is 102 cm³/mol. The minimum absolute atomic E-state index is 0.139. The summed E-state index contributed by atoms with van der Waals surface area (Å²) in [6.07, 6.45) is 2.85. The van der Waals surface area contributed by atoms with Crippen molar-refractivity contribution in [2.45, 2.75) is 18.9 Å². The van der Waals surface area contributed by atoms with Crippen LogP contribution < -0.4 is 5.32 Å². The number of fused-ring (bicyclic) bond motifs is 1. The van der Waals surface area contributed by atoms with Gasteiger partial charge in [0.25, 0.3) is 5.91 Å². The van der Waals surface area contributed by atoms with Crippen LogP contribution in [0.4, 0.5) is 0 Å². The van der Waals surface area contributed by atoms with Crippen molar-refractivity contribution in [1.82, 2.24) is 10.3 Å². The van der Waals surface area contributed by atoms with E-state index in [1.807, 2.05) is 48.7 Å². The molecule has 0 fully saturated rings. The second-order valence-electron chi connectivity index (χ2n) is 6.58. The van der Waals surface area contributed by atoms with Gasteiger partial charge < -0.3 is 15.0 Å². The number of aromatic nitrogens is 1. The smallest absolute Gasteiger partial charge is 0.339 e. The number of rotatable bonds is 5. The number of carbonyl (C=O) groups is 2. The van der Waals surface area contributed by atoms with Crippen molar-refractivity contribution in [2.75, 3.05) is 6.54 Å². The molecule has 4 rings (SSSR count). The fourth-order valence-corrected chi connectivity index (χ4v) is 3.33. The normalized spacial score (nSPS) is 15.7. The first kappa shape index (κ1) is 17.1. The van der Waals surface area contributed by atoms with Gasteiger partial charge in [0.05, 0.1) is 5.56 Å². The molecule has 1 atom stereocenters. The molecule has 5 nitrogen and oxygen atoms in total. The minimum atomic E-state index is -0.344. The second-order valence-corrected chi connectivity index (χ2v) is 6.58. The zero-order valence-corrected chi connectivity index (χ0v) is 14.8. The lowest BCUT2D eigenvalue weighted by Gasteiger charge is -2.25. The molecule has 0 saturated heterocycles. The van der Waals surface area contributed by atoms with Gasteiger partial charge in [-0.15, -0.1) is 0 Å². The monoisotopic (exact) mass is 360 g/mol. The molecule has 1 aliphatic heterocycles. The van der Waals surface area contributed by atoms with Crippen LogP contribution in [0.25, 0.3) is 0 Å². The van der Waals surface area contributed by atoms with Gasteiger partial charge in [0.2, 0.25) is 0 Å². The van der Waals surface area contributed by atoms with E-state index in [1.54, 1.807) is 18.2 Å². The average molecular weight is 360 g/mol. The number of cyclic esters (lactones) is 1. The van der Waals surface area contributed by atoms with Crippen molar-refractivity contribution >= 4 is 11.9 Å². The molecule has 1 aromatic heterocycles. The first-order chi connectivity index (χ1) is 13.2. The van der Waals surface area contributed by atoms with E-state index in [2.05, 4.69) is 10.3 Å². The van der Waals surface area contributed by atoms with E-state index in [-0.39, 0.29) is 18.0 Å². The molecule has 3 aromatic rings. The number of esters is 1. The Hall–Kier alpha value is -3.34. The first-order valence-electron chi connectivity index (χ1n) is 9.00. The zero-order valence-electron chi connectivity index (χ0n) is 14.8. The van der Waals surface area contributed by atoms with Gasteiger partial charge in [-0.3, -0.25) is 4.79 Å². The van der Waals surface area contributed by atoms with Gasteiger partial charge >= 0.3 is 5.97 Å². The maximum absolute atomic E-state index is 12.5. The highest BCUT2D eigenvalue weighted by molar-refractivity contribution is 5.97. The van der Waals surface area contributed by atoms with Gasteiger partial charge in [0.1, 0.15) is 6.10 Å². The molecule has 136 valence electrons. The third-order valence-corrected chi connectivity index (χ3v) is 4.76. The summed E-state index contributed by atoms with van der Waals surface area (Å²) < 4.78 is 5.56. The van der Waals surface area contributed by atoms with Crippen molar-refractivity contribution in [2.24, 2.45) is 0 Å². The molecule has 2 heterocycles. The summed E-state index contributed by atoms with van der Waals surface area (Å²) in [4.78, 5) is 27.9. The summed E-state index contributed by atoms with van der Waals surface area (Å²) in [6, 6.07) is 18.7. The maximum Gasteiger partial charge on any atom is 0.339 e. The fourth-order valence-electron chi connectivity index (χ4n) is 3.33. The molecule has 0 bridgehead atoms. The second kappa shape index (κ2) is 7.50. The van der Waals surface area contributed by atoms with E-state index in [9.17, 15) is 9.59 Å². The van der Waals surface area contributed by atoms with E-state index < -0.39 is 0 Å². The highest BCUT2D eigenvalue weighted by atomic mass is 16.5. The fraction of sp³-hybridized carbons (Fsp3) is 0.182. The average Bonchev–Trinajstić information content (AvgIpc) is 3.21. The van der Waals surface area contributed by atoms with Crippen LogP contribution in [0.15, 0.2) is 66.9 Å². The summed E-state index contributed by atoms with van der Waals surface area (Å²) >= 11 is 0. The third-order valence-electron chi connectivity index (χ3n) is 4.76. The number of hydrogen-bond acceptors (Lipinski definition) is 3. The van der Waals surface area contributed by atoms with E-state index in [0.717, 1.165) is 23.2 Å². The lowest BCUT2D eigenvalue weighted by Crippen LogP contribution is -2.27. The Morgan fingerprint density at radius 1 is 1.11 bits per heavy atom. The van der Waals surface area contributed by atoms with E-state index in [0.29, 0.717) is 24.1 Å². The van der Waals surface area contributed by atoms with Crippen LogP contribution in [0, 0.1) is 0 Å². The van der Waals surface area contributed by atoms with Gasteiger partial charge in [-0.05, 0) is 41.5 Å². The molecule has 0 saturated carbocycles. The number of amides is 1. The highest BCUT2D eigenvalue weighted by Gasteiger charge is 2.28. The quantitative estimate of drug-likeness (QED) is 0.685. The Kier molecular flexibility index (Phi) is 4.75. The molecular formula is C22H20N2O3. The molecule has 1 unspecified atom stereocenters. The molecule has 0 spiro atoms. The summed E-state index contributed by atoms with van der Waals surface area (Å²) in [7, 11) is 0. The lowest BCUT2D eigenvalue weighted by atomic mass is 9.93. The SMILES string of the molecule is O=C(NCCc1ccc[nH]1)c1ccc2c(c1)CC(c1ccccc1)OC2=O. The molecule has 5 heteroatoms. The summed E-state index contributed by atoms with van der Waals surface area (Å²) in [5.41, 5.74) is 3.97. The minimum Gasteiger partial charge on any atom is -0.454 e. The molecule has 2 aromatic carbocycles. The predicted octanol–water partition coefficient (Wildman–Crippen LogP) is 3.44. The van der Waals surface area contributed by atoms with E-state index >= 15 is 0 Å². The first-order valence-corrected chi connectivity index (χ1v) is 9.00. The number of H-pyrrole nitrogens is 1. The van der Waals surface area contributed by atoms with Crippen molar-refractivity contribution in [1.29, 1.82) is 0 Å². The number of benzene rings is 2. The number of aromatic amines is 1. The molecular weight excluding hydrogens is 340 g/mol. The Balaban J connectivity index is 1.47. The van der Waals surface area contributed by atoms with Gasteiger partial charge in [0.15, 0.2) is 0 Å². The molecule has 2 N–H and O–H groups in total. The standard InChI is InChI=1S/C22H20N2O3/c25-21(24-12-10-18-7-4-11-23-18)16-8-9-19-17(13-16)14-20(27-22(19)26)15-5-2-1-3-6-15/h1-9,11,13,20,23H,10,12,14H2,(H,24,25). The largest absolute Gasteiger partial charge is 0.454 e. The van der Waals surface area contributed by atoms with Crippen molar-refractivity contribution in [3.05, 3.63) is 94.8 Å². The molecule has 1 amide bonds. The molecule has 27 heavy (non-hydrogen) atoms. The van der Waals surface area contributed by atoms with Crippen molar-refractivity contribution in [3.63, 3.8) is 0 Å². The van der Waals surface area contributed by atoms with Gasteiger partial charge in [-0.1, -0.05) is 30.3 Å². The number of hydrogen-bond donors (Lipinski definition) is 2. The van der Waals surface area contributed by atoms with Gasteiger partial charge in [-0.2, -0.15) is 0 Å². The Bertz CT molecular complexity index is 949. The van der Waals surface area contributed by atoms with Crippen LogP contribution >= 0.6 is 0 Å². The maximum atomic E-state index is 12.5. The Labute approximate surface area is 157 Å². The molecule has 0 radical (unpaired) electrons. The number of carbonyl (C=O) groups excluding carboxylic acids is 2. The van der Waals surface area contributed by atoms with Crippen LogP contribution in [0.5, 0.6) is 0 Å². The number of ether oxygens (including phenoxy) is 1. The van der Waals surface area contributed by atoms with Crippen molar-refractivity contribution in [3.8, 4) is 0 Å². The Morgan fingerprint density at radius 2 is 1.96 bits per heavy atom. The lowest BCUT2D eigenvalue weighted by molar-refractivity contribution is 0.0252. The summed E-state index contributed by atoms with van der Waals surface area (Å²) in [5.74, 6) is -0.483. The van der Waals surface area contributed by atoms with Gasteiger partial charge in [0, 0.05) is 36.8 Å². The summed E-state index contributed by atoms with van der Waals surface area (Å²) in [5, 5.41) is 2.92. The van der Waals surface area contributed by atoms with Crippen LogP contribution in [0.3, 0.4) is 0 Å². The number of nitrogens with one attached hydrogen (secondary N) is 2. The molecule has 1 aliphatic rings. The van der Waals surface area contributed by atoms with Crippen LogP contribution in [0.2, 0.25) is 0 Å². The topological polar surface area (TPSA) is 71.2 Å². The zero-order chi connectivity index (χ0) is 18.6. The molecule has 0 aliphatic carbocycles. The third kappa shape index (κ3) is 3.77. The van der Waals surface area contributed by atoms with E-state index in [1.165, 1.54) is 0 Å². The van der Waals surface area contributed by atoms with Crippen LogP contribution in [-0.4, -0.2) is 23.4 Å². The highest BCUT2D eigenvalue weighted by Crippen LogP contribution is 2.31. The van der Waals surface area contributed by atoms with Crippen LogP contribution in [-0.2, 0) is 17.6 Å². The van der Waals surface area contributed by atoms with Gasteiger partial charge in [-0.25, -0.2) is 4.79 Å². The van der Waals surface area contributed by atoms with Crippen LogP contribution in [0.1, 0.15) is 43.6 Å². The van der Waals surface area contributed by atoms with E-state index in [4.69, 9.17) is 4.74 Å².